The summed E-state index contributed by atoms with van der Waals surface area (Å²) in [6, 6.07) is 12.7. The minimum Gasteiger partial charge on any atom is -0.507 e. The Morgan fingerprint density at radius 1 is 1.21 bits per heavy atom. The van der Waals surface area contributed by atoms with Gasteiger partial charge in [-0.3, -0.25) is 11.1 Å². The van der Waals surface area contributed by atoms with Crippen molar-refractivity contribution in [2.75, 3.05) is 0 Å². The van der Waals surface area contributed by atoms with Gasteiger partial charge in [0.2, 0.25) is 0 Å². The number of para-hydroxylation sites is 1. The number of aromatic hydroxyl groups is 1. The molecule has 3 aromatic rings. The van der Waals surface area contributed by atoms with Crippen molar-refractivity contribution in [1.29, 1.82) is 0 Å². The van der Waals surface area contributed by atoms with Crippen molar-refractivity contribution in [2.24, 2.45) is 5.73 Å². The van der Waals surface area contributed by atoms with E-state index in [4.69, 9.17) is 11.1 Å². The molecule has 0 aliphatic carbocycles. The van der Waals surface area contributed by atoms with Gasteiger partial charge in [-0.05, 0) is 24.3 Å². The molecule has 0 bridgehead atoms. The van der Waals surface area contributed by atoms with Crippen LogP contribution in [0.5, 0.6) is 5.75 Å². The summed E-state index contributed by atoms with van der Waals surface area (Å²) >= 11 is 0. The molecular formula is C14H14N4O+2. The summed E-state index contributed by atoms with van der Waals surface area (Å²) in [6.45, 7) is 0. The highest BCUT2D eigenvalue weighted by Gasteiger charge is 2.16. The second kappa shape index (κ2) is 4.13. The van der Waals surface area contributed by atoms with Crippen LogP contribution in [0.3, 0.4) is 0 Å². The molecule has 0 saturated heterocycles. The van der Waals surface area contributed by atoms with Crippen LogP contribution in [0.4, 0.5) is 0 Å². The number of hydrogen-bond donors (Lipinski definition) is 4. The van der Waals surface area contributed by atoms with E-state index in [1.165, 1.54) is 0 Å². The fraction of sp³-hybridized carbons (Fsp3) is 0. The lowest BCUT2D eigenvalue weighted by Crippen LogP contribution is -2.46. The number of phenolic OH excluding ortho intramolecular Hbond substituents is 1. The van der Waals surface area contributed by atoms with Crippen LogP contribution in [-0.2, 0) is 0 Å². The highest BCUT2D eigenvalue weighted by Crippen LogP contribution is 2.25. The van der Waals surface area contributed by atoms with E-state index in [0.717, 1.165) is 22.4 Å². The Bertz CT molecular complexity index is 776. The Labute approximate surface area is 109 Å². The van der Waals surface area contributed by atoms with Crippen LogP contribution >= 0.6 is 0 Å². The van der Waals surface area contributed by atoms with Gasteiger partial charge < -0.3 is 5.11 Å². The molecule has 0 aliphatic rings. The van der Waals surface area contributed by atoms with Gasteiger partial charge in [-0.25, -0.2) is 9.97 Å². The number of amidine groups is 1. The minimum atomic E-state index is 0.218. The number of aromatic amines is 2. The molecule has 94 valence electrons. The van der Waals surface area contributed by atoms with Crippen LogP contribution in [0.1, 0.15) is 5.56 Å². The number of imidazole rings is 1. The quantitative estimate of drug-likeness (QED) is 0.376. The van der Waals surface area contributed by atoms with E-state index in [-0.39, 0.29) is 11.6 Å². The molecule has 2 aromatic carbocycles. The molecule has 7 N–H and O–H groups in total. The second-order valence-corrected chi connectivity index (χ2v) is 4.36. The van der Waals surface area contributed by atoms with Crippen molar-refractivity contribution in [2.45, 2.75) is 0 Å². The zero-order chi connectivity index (χ0) is 13.4. The normalized spacial score (nSPS) is 10.7. The number of H-pyrrole nitrogens is 2. The van der Waals surface area contributed by atoms with Gasteiger partial charge in [0.05, 0.1) is 5.56 Å². The molecule has 0 amide bonds. The average molecular weight is 254 g/mol. The SMILES string of the molecule is NC(=[NH2+])c1ccc2[nH+]c(-c3ccccc3O)[nH]c2c1. The predicted molar refractivity (Wildman–Crippen MR) is 72.2 cm³/mol. The van der Waals surface area contributed by atoms with Gasteiger partial charge in [0, 0.05) is 6.07 Å². The summed E-state index contributed by atoms with van der Waals surface area (Å²) in [7, 11) is 0. The van der Waals surface area contributed by atoms with E-state index in [0.29, 0.717) is 5.56 Å². The van der Waals surface area contributed by atoms with Gasteiger partial charge in [0.25, 0.3) is 11.7 Å². The fourth-order valence-electron chi connectivity index (χ4n) is 2.06. The Balaban J connectivity index is 2.17. The smallest absolute Gasteiger partial charge is 0.289 e. The van der Waals surface area contributed by atoms with Crippen LogP contribution in [0, 0.1) is 0 Å². The van der Waals surface area contributed by atoms with Crippen LogP contribution in [0.15, 0.2) is 42.5 Å². The zero-order valence-electron chi connectivity index (χ0n) is 10.1. The van der Waals surface area contributed by atoms with Crippen LogP contribution in [0.2, 0.25) is 0 Å². The second-order valence-electron chi connectivity index (χ2n) is 4.36. The van der Waals surface area contributed by atoms with Crippen LogP contribution in [0.25, 0.3) is 22.4 Å². The van der Waals surface area contributed by atoms with E-state index < -0.39 is 0 Å². The van der Waals surface area contributed by atoms with Crippen molar-refractivity contribution in [3.63, 3.8) is 0 Å². The van der Waals surface area contributed by atoms with E-state index >= 15 is 0 Å². The topological polar surface area (TPSA) is 102 Å². The fourth-order valence-corrected chi connectivity index (χ4v) is 2.06. The Hall–Kier alpha value is -2.82. The molecule has 3 rings (SSSR count). The predicted octanol–water partition coefficient (Wildman–Crippen LogP) is -0.181. The Morgan fingerprint density at radius 2 is 2.00 bits per heavy atom. The first-order chi connectivity index (χ1) is 9.15. The number of rotatable bonds is 2. The highest BCUT2D eigenvalue weighted by atomic mass is 16.3. The van der Waals surface area contributed by atoms with Crippen molar-refractivity contribution in [3.05, 3.63) is 48.0 Å². The molecule has 0 unspecified atom stereocenters. The third-order valence-corrected chi connectivity index (χ3v) is 3.05. The molecule has 0 spiro atoms. The molecule has 5 nitrogen and oxygen atoms in total. The molecule has 0 aliphatic heterocycles. The number of phenols is 1. The molecule has 1 aromatic heterocycles. The molecule has 0 fully saturated rings. The van der Waals surface area contributed by atoms with Gasteiger partial charge in [-0.1, -0.05) is 12.1 Å². The standard InChI is InChI=1S/C14H12N4O/c15-13(16)8-5-6-10-11(7-8)18-14(17-10)9-3-1-2-4-12(9)19/h1-7,19H,(H3,15,16)(H,17,18)/p+2. The number of benzene rings is 2. The Kier molecular flexibility index (Phi) is 2.45. The largest absolute Gasteiger partial charge is 0.507 e. The summed E-state index contributed by atoms with van der Waals surface area (Å²) in [5.41, 5.74) is 8.86. The summed E-state index contributed by atoms with van der Waals surface area (Å²) < 4.78 is 0. The first-order valence-electron chi connectivity index (χ1n) is 5.87. The monoisotopic (exact) mass is 254 g/mol. The third kappa shape index (κ3) is 1.91. The molecule has 0 saturated carbocycles. The van der Waals surface area contributed by atoms with E-state index in [2.05, 4.69) is 9.97 Å². The van der Waals surface area contributed by atoms with Crippen molar-refractivity contribution in [1.82, 2.24) is 4.98 Å². The lowest BCUT2D eigenvalue weighted by atomic mass is 10.2. The van der Waals surface area contributed by atoms with E-state index in [1.54, 1.807) is 12.1 Å². The molecule has 19 heavy (non-hydrogen) atoms. The zero-order valence-corrected chi connectivity index (χ0v) is 10.1. The summed E-state index contributed by atoms with van der Waals surface area (Å²) in [5, 5.41) is 15.4. The third-order valence-electron chi connectivity index (χ3n) is 3.05. The summed E-state index contributed by atoms with van der Waals surface area (Å²) in [5.74, 6) is 1.23. The average Bonchev–Trinajstić information content (AvgIpc) is 2.81. The van der Waals surface area contributed by atoms with Crippen molar-refractivity contribution in [3.8, 4) is 17.1 Å². The van der Waals surface area contributed by atoms with Crippen LogP contribution in [-0.4, -0.2) is 15.9 Å². The van der Waals surface area contributed by atoms with Gasteiger partial charge in [-0.15, -0.1) is 0 Å². The Morgan fingerprint density at radius 3 is 2.74 bits per heavy atom. The molecular weight excluding hydrogens is 240 g/mol. The number of nitrogens with one attached hydrogen (secondary N) is 2. The maximum Gasteiger partial charge on any atom is 0.289 e. The molecule has 1 heterocycles. The number of hydrogen-bond acceptors (Lipinski definition) is 1. The van der Waals surface area contributed by atoms with Crippen LogP contribution < -0.4 is 16.1 Å². The van der Waals surface area contributed by atoms with E-state index in [1.807, 2.05) is 30.3 Å². The molecule has 0 atom stereocenters. The van der Waals surface area contributed by atoms with Gasteiger partial charge in [-0.2, -0.15) is 0 Å². The van der Waals surface area contributed by atoms with Gasteiger partial charge >= 0.3 is 0 Å². The first kappa shape index (κ1) is 11.3. The van der Waals surface area contributed by atoms with Crippen molar-refractivity contribution >= 4 is 16.9 Å². The van der Waals surface area contributed by atoms with Gasteiger partial charge in [0.15, 0.2) is 11.0 Å². The summed E-state index contributed by atoms with van der Waals surface area (Å²) in [4.78, 5) is 6.42. The van der Waals surface area contributed by atoms with Crippen molar-refractivity contribution < 1.29 is 15.5 Å². The highest BCUT2D eigenvalue weighted by molar-refractivity contribution is 5.95. The lowest BCUT2D eigenvalue weighted by molar-refractivity contribution is -0.330. The minimum absolute atomic E-state index is 0.218. The lowest BCUT2D eigenvalue weighted by Gasteiger charge is -1.94. The maximum absolute atomic E-state index is 9.85. The first-order valence-corrected chi connectivity index (χ1v) is 5.87. The van der Waals surface area contributed by atoms with Gasteiger partial charge in [0.1, 0.15) is 11.3 Å². The molecule has 5 heteroatoms. The summed E-state index contributed by atoms with van der Waals surface area (Å²) in [6.07, 6.45) is 0. The number of aromatic nitrogens is 2. The molecule has 0 radical (unpaired) electrons. The van der Waals surface area contributed by atoms with E-state index in [9.17, 15) is 5.11 Å². The maximum atomic E-state index is 9.85. The number of nitrogens with two attached hydrogens (primary N) is 2. The number of fused-ring (bicyclic) bond motifs is 1.